The molecule has 1 aromatic heterocycles. The van der Waals surface area contributed by atoms with Crippen LogP contribution in [0.25, 0.3) is 0 Å². The van der Waals surface area contributed by atoms with E-state index < -0.39 is 15.9 Å². The summed E-state index contributed by atoms with van der Waals surface area (Å²) in [5.41, 5.74) is 7.39. The van der Waals surface area contributed by atoms with E-state index in [2.05, 4.69) is 4.72 Å². The van der Waals surface area contributed by atoms with Crippen molar-refractivity contribution in [1.82, 2.24) is 4.72 Å². The van der Waals surface area contributed by atoms with Crippen molar-refractivity contribution in [2.45, 2.75) is 30.2 Å². The summed E-state index contributed by atoms with van der Waals surface area (Å²) in [6.45, 7) is 0. The zero-order valence-corrected chi connectivity index (χ0v) is 13.4. The largest absolute Gasteiger partial charge is 0.365 e. The van der Waals surface area contributed by atoms with Crippen molar-refractivity contribution in [3.05, 3.63) is 51.7 Å². The minimum atomic E-state index is -3.66. The Morgan fingerprint density at radius 1 is 1.32 bits per heavy atom. The van der Waals surface area contributed by atoms with Crippen LogP contribution in [0.3, 0.4) is 0 Å². The summed E-state index contributed by atoms with van der Waals surface area (Å²) >= 11 is 1.04. The van der Waals surface area contributed by atoms with E-state index in [1.165, 1.54) is 17.0 Å². The van der Waals surface area contributed by atoms with E-state index in [1.807, 2.05) is 24.3 Å². The SMILES string of the molecule is NC(=O)c1cc(S(=O)(=O)NC2CCCc3ccccc32)cs1. The molecule has 1 amide bonds. The van der Waals surface area contributed by atoms with Gasteiger partial charge in [-0.15, -0.1) is 11.3 Å². The smallest absolute Gasteiger partial charge is 0.258 e. The number of hydrogen-bond donors (Lipinski definition) is 2. The van der Waals surface area contributed by atoms with Crippen molar-refractivity contribution < 1.29 is 13.2 Å². The van der Waals surface area contributed by atoms with Gasteiger partial charge in [-0.2, -0.15) is 0 Å². The molecule has 1 atom stereocenters. The molecule has 3 rings (SSSR count). The first kappa shape index (κ1) is 15.2. The molecule has 0 spiro atoms. The molecule has 1 aliphatic rings. The van der Waals surface area contributed by atoms with Gasteiger partial charge in [0.1, 0.15) is 0 Å². The first-order chi connectivity index (χ1) is 10.5. The highest BCUT2D eigenvalue weighted by Crippen LogP contribution is 2.31. The van der Waals surface area contributed by atoms with Gasteiger partial charge in [-0.1, -0.05) is 24.3 Å². The number of rotatable bonds is 4. The first-order valence-electron chi connectivity index (χ1n) is 6.96. The van der Waals surface area contributed by atoms with Crippen LogP contribution in [0, 0.1) is 0 Å². The molecule has 1 aromatic carbocycles. The van der Waals surface area contributed by atoms with Gasteiger partial charge in [0, 0.05) is 11.4 Å². The third-order valence-electron chi connectivity index (χ3n) is 3.80. The van der Waals surface area contributed by atoms with Crippen LogP contribution >= 0.6 is 11.3 Å². The Bertz CT molecular complexity index is 812. The molecule has 1 unspecified atom stereocenters. The number of amides is 1. The topological polar surface area (TPSA) is 89.3 Å². The van der Waals surface area contributed by atoms with Gasteiger partial charge in [0.2, 0.25) is 10.0 Å². The fourth-order valence-electron chi connectivity index (χ4n) is 2.72. The molecule has 1 aliphatic carbocycles. The maximum Gasteiger partial charge on any atom is 0.258 e. The number of aryl methyl sites for hydroxylation is 1. The van der Waals surface area contributed by atoms with Crippen LogP contribution in [0.5, 0.6) is 0 Å². The minimum absolute atomic E-state index is 0.0920. The van der Waals surface area contributed by atoms with Gasteiger partial charge in [0.25, 0.3) is 5.91 Å². The van der Waals surface area contributed by atoms with Crippen LogP contribution in [0.2, 0.25) is 0 Å². The highest BCUT2D eigenvalue weighted by atomic mass is 32.2. The van der Waals surface area contributed by atoms with Crippen LogP contribution in [0.1, 0.15) is 39.7 Å². The zero-order chi connectivity index (χ0) is 15.7. The molecule has 0 fully saturated rings. The van der Waals surface area contributed by atoms with Crippen LogP contribution < -0.4 is 10.5 Å². The Kier molecular flexibility index (Phi) is 4.03. The number of carbonyl (C=O) groups is 1. The average molecular weight is 336 g/mol. The number of thiophene rings is 1. The summed E-state index contributed by atoms with van der Waals surface area (Å²) in [5.74, 6) is -0.616. The lowest BCUT2D eigenvalue weighted by molar-refractivity contribution is 0.100. The van der Waals surface area contributed by atoms with E-state index in [-0.39, 0.29) is 15.8 Å². The van der Waals surface area contributed by atoms with E-state index in [4.69, 9.17) is 5.73 Å². The molecule has 7 heteroatoms. The summed E-state index contributed by atoms with van der Waals surface area (Å²) < 4.78 is 27.7. The zero-order valence-electron chi connectivity index (χ0n) is 11.8. The molecule has 0 radical (unpaired) electrons. The summed E-state index contributed by atoms with van der Waals surface area (Å²) in [6.07, 6.45) is 2.68. The molecule has 5 nitrogen and oxygen atoms in total. The molecule has 116 valence electrons. The van der Waals surface area contributed by atoms with Crippen molar-refractivity contribution in [2.75, 3.05) is 0 Å². The Balaban J connectivity index is 1.87. The van der Waals surface area contributed by atoms with Crippen LogP contribution in [0.4, 0.5) is 0 Å². The lowest BCUT2D eigenvalue weighted by atomic mass is 9.88. The third kappa shape index (κ3) is 2.92. The van der Waals surface area contributed by atoms with Gasteiger partial charge in [0.05, 0.1) is 9.77 Å². The molecular formula is C15H16N2O3S2. The summed E-state index contributed by atoms with van der Waals surface area (Å²) in [7, 11) is -3.66. The molecule has 2 aromatic rings. The molecular weight excluding hydrogens is 320 g/mol. The number of sulfonamides is 1. The van der Waals surface area contributed by atoms with E-state index >= 15 is 0 Å². The molecule has 0 bridgehead atoms. The number of nitrogens with two attached hydrogens (primary N) is 1. The molecule has 0 aliphatic heterocycles. The van der Waals surface area contributed by atoms with Gasteiger partial charge < -0.3 is 5.73 Å². The van der Waals surface area contributed by atoms with Crippen LogP contribution in [-0.2, 0) is 16.4 Å². The summed E-state index contributed by atoms with van der Waals surface area (Å²) in [6, 6.07) is 8.97. The van der Waals surface area contributed by atoms with Crippen molar-refractivity contribution in [3.63, 3.8) is 0 Å². The van der Waals surface area contributed by atoms with Gasteiger partial charge >= 0.3 is 0 Å². The van der Waals surface area contributed by atoms with E-state index in [0.29, 0.717) is 0 Å². The van der Waals surface area contributed by atoms with Gasteiger partial charge in [-0.25, -0.2) is 13.1 Å². The Morgan fingerprint density at radius 3 is 2.82 bits per heavy atom. The van der Waals surface area contributed by atoms with Crippen molar-refractivity contribution in [2.24, 2.45) is 5.73 Å². The summed E-state index contributed by atoms with van der Waals surface area (Å²) in [5, 5.41) is 1.44. The lowest BCUT2D eigenvalue weighted by Gasteiger charge is -2.26. The number of benzene rings is 1. The molecule has 0 saturated heterocycles. The predicted octanol–water partition coefficient (Wildman–Crippen LogP) is 2.20. The monoisotopic (exact) mass is 336 g/mol. The number of primary amides is 1. The second-order valence-electron chi connectivity index (χ2n) is 5.28. The van der Waals surface area contributed by atoms with Crippen molar-refractivity contribution in [1.29, 1.82) is 0 Å². The van der Waals surface area contributed by atoms with Gasteiger partial charge in [-0.05, 0) is 36.5 Å². The van der Waals surface area contributed by atoms with E-state index in [1.54, 1.807) is 0 Å². The van der Waals surface area contributed by atoms with Gasteiger partial charge in [-0.3, -0.25) is 4.79 Å². The van der Waals surface area contributed by atoms with Crippen LogP contribution in [0.15, 0.2) is 40.6 Å². The lowest BCUT2D eigenvalue weighted by Crippen LogP contribution is -2.30. The van der Waals surface area contributed by atoms with Crippen molar-refractivity contribution in [3.8, 4) is 0 Å². The minimum Gasteiger partial charge on any atom is -0.365 e. The Labute approximate surface area is 133 Å². The standard InChI is InChI=1S/C15H16N2O3S2/c16-15(18)14-8-11(9-21-14)22(19,20)17-13-7-3-5-10-4-1-2-6-12(10)13/h1-2,4,6,8-9,13,17H,3,5,7H2,(H2,16,18). The third-order valence-corrected chi connectivity index (χ3v) is 6.34. The second kappa shape index (κ2) is 5.83. The second-order valence-corrected chi connectivity index (χ2v) is 7.90. The predicted molar refractivity (Wildman–Crippen MR) is 85.3 cm³/mol. The molecule has 1 heterocycles. The maximum atomic E-state index is 12.5. The molecule has 0 saturated carbocycles. The van der Waals surface area contributed by atoms with E-state index in [0.717, 1.165) is 36.2 Å². The maximum absolute atomic E-state index is 12.5. The first-order valence-corrected chi connectivity index (χ1v) is 9.32. The molecule has 3 N–H and O–H groups in total. The van der Waals surface area contributed by atoms with Crippen molar-refractivity contribution >= 4 is 27.3 Å². The highest BCUT2D eigenvalue weighted by molar-refractivity contribution is 7.89. The van der Waals surface area contributed by atoms with E-state index in [9.17, 15) is 13.2 Å². The highest BCUT2D eigenvalue weighted by Gasteiger charge is 2.26. The van der Waals surface area contributed by atoms with Crippen LogP contribution in [-0.4, -0.2) is 14.3 Å². The fourth-order valence-corrected chi connectivity index (χ4v) is 5.10. The summed E-state index contributed by atoms with van der Waals surface area (Å²) in [4.78, 5) is 11.4. The average Bonchev–Trinajstić information content (AvgIpc) is 2.98. The Hall–Kier alpha value is -1.70. The quantitative estimate of drug-likeness (QED) is 0.897. The fraction of sp³-hybridized carbons (Fsp3) is 0.267. The normalized spacial score (nSPS) is 17.9. The number of hydrogen-bond acceptors (Lipinski definition) is 4. The Morgan fingerprint density at radius 2 is 2.09 bits per heavy atom. The number of carbonyl (C=O) groups excluding carboxylic acids is 1. The number of fused-ring (bicyclic) bond motifs is 1. The van der Waals surface area contributed by atoms with Gasteiger partial charge in [0.15, 0.2) is 0 Å². The molecule has 22 heavy (non-hydrogen) atoms. The number of nitrogens with one attached hydrogen (secondary N) is 1.